The average Bonchev–Trinajstić information content (AvgIpc) is 3.53. The third-order valence-corrected chi connectivity index (χ3v) is 5.40. The second kappa shape index (κ2) is 7.29. The van der Waals surface area contributed by atoms with E-state index in [1.54, 1.807) is 30.0 Å². The highest BCUT2D eigenvalue weighted by molar-refractivity contribution is 5.80. The number of pyridine rings is 1. The molecule has 1 aromatic carbocycles. The molecule has 3 heterocycles. The second-order valence-corrected chi connectivity index (χ2v) is 7.50. The summed E-state index contributed by atoms with van der Waals surface area (Å²) >= 11 is 0. The van der Waals surface area contributed by atoms with Gasteiger partial charge in [0.1, 0.15) is 17.8 Å². The minimum Gasteiger partial charge on any atom is -0.497 e. The average molecular weight is 403 g/mol. The normalized spacial score (nSPS) is 13.6. The number of amides is 1. The summed E-state index contributed by atoms with van der Waals surface area (Å²) in [4.78, 5) is 30.2. The molecule has 0 atom stereocenters. The van der Waals surface area contributed by atoms with Crippen LogP contribution in [0.1, 0.15) is 30.0 Å². The minimum absolute atomic E-state index is 0.0857. The Morgan fingerprint density at radius 2 is 2.00 bits per heavy atom. The van der Waals surface area contributed by atoms with Crippen LogP contribution in [-0.4, -0.2) is 32.2 Å². The van der Waals surface area contributed by atoms with Crippen LogP contribution in [0, 0.1) is 0 Å². The molecule has 1 fully saturated rings. The first-order valence-corrected chi connectivity index (χ1v) is 9.91. The number of hydrogen-bond acceptors (Lipinski definition) is 5. The van der Waals surface area contributed by atoms with Gasteiger partial charge in [-0.05, 0) is 48.7 Å². The highest BCUT2D eigenvalue weighted by Crippen LogP contribution is 2.39. The van der Waals surface area contributed by atoms with Crippen molar-refractivity contribution in [1.82, 2.24) is 24.5 Å². The lowest BCUT2D eigenvalue weighted by molar-refractivity contribution is -0.121. The lowest BCUT2D eigenvalue weighted by Gasteiger charge is -2.11. The maximum atomic E-state index is 13.2. The molecule has 4 aromatic rings. The molecule has 0 spiro atoms. The third kappa shape index (κ3) is 3.30. The Hall–Kier alpha value is -3.68. The maximum Gasteiger partial charge on any atom is 0.277 e. The van der Waals surface area contributed by atoms with Crippen LogP contribution >= 0.6 is 0 Å². The molecule has 152 valence electrons. The molecular formula is C22H21N5O3. The number of nitrogens with zero attached hydrogens (tertiary/aromatic N) is 4. The van der Waals surface area contributed by atoms with Crippen molar-refractivity contribution in [3.8, 4) is 5.75 Å². The number of carbonyl (C=O) groups excluding carboxylic acids is 1. The molecule has 0 unspecified atom stereocenters. The standard InChI is InChI=1S/C22H21N5O3/c1-30-16-8-4-14(5-9-16)12-24-20(28)13-26-18-3-2-10-23-21(18)27-19(22(26)29)11-17(25-27)15-6-7-15/h2-5,8-11,15H,6-7,12-13H2,1H3,(H,24,28). The predicted molar refractivity (Wildman–Crippen MR) is 112 cm³/mol. The maximum absolute atomic E-state index is 13.2. The van der Waals surface area contributed by atoms with Gasteiger partial charge in [-0.2, -0.15) is 5.10 Å². The Morgan fingerprint density at radius 3 is 2.73 bits per heavy atom. The summed E-state index contributed by atoms with van der Waals surface area (Å²) in [7, 11) is 1.61. The number of ether oxygens (including phenoxy) is 1. The highest BCUT2D eigenvalue weighted by atomic mass is 16.5. The van der Waals surface area contributed by atoms with Gasteiger partial charge in [0.15, 0.2) is 5.65 Å². The van der Waals surface area contributed by atoms with Crippen LogP contribution in [0.5, 0.6) is 5.75 Å². The molecule has 0 radical (unpaired) electrons. The summed E-state index contributed by atoms with van der Waals surface area (Å²) in [5, 5.41) is 7.48. The van der Waals surface area contributed by atoms with E-state index < -0.39 is 0 Å². The number of aromatic nitrogens is 4. The zero-order valence-corrected chi connectivity index (χ0v) is 16.5. The summed E-state index contributed by atoms with van der Waals surface area (Å²) in [6.45, 7) is 0.284. The largest absolute Gasteiger partial charge is 0.497 e. The van der Waals surface area contributed by atoms with E-state index in [9.17, 15) is 9.59 Å². The molecule has 5 rings (SSSR count). The van der Waals surface area contributed by atoms with Gasteiger partial charge in [-0.3, -0.25) is 14.2 Å². The van der Waals surface area contributed by atoms with E-state index in [0.29, 0.717) is 29.1 Å². The van der Waals surface area contributed by atoms with E-state index in [2.05, 4.69) is 15.4 Å². The Morgan fingerprint density at radius 1 is 1.20 bits per heavy atom. The zero-order valence-electron chi connectivity index (χ0n) is 16.5. The zero-order chi connectivity index (χ0) is 20.7. The molecule has 1 amide bonds. The van der Waals surface area contributed by atoms with Crippen molar-refractivity contribution >= 4 is 22.6 Å². The van der Waals surface area contributed by atoms with Gasteiger partial charge in [-0.25, -0.2) is 9.50 Å². The number of rotatable bonds is 6. The molecule has 30 heavy (non-hydrogen) atoms. The van der Waals surface area contributed by atoms with Gasteiger partial charge < -0.3 is 10.1 Å². The first kappa shape index (κ1) is 18.4. The fourth-order valence-electron chi connectivity index (χ4n) is 3.60. The van der Waals surface area contributed by atoms with Gasteiger partial charge in [0.25, 0.3) is 5.56 Å². The quantitative estimate of drug-likeness (QED) is 0.533. The van der Waals surface area contributed by atoms with Crippen molar-refractivity contribution in [3.05, 3.63) is 70.3 Å². The molecule has 0 aliphatic heterocycles. The number of hydrogen-bond donors (Lipinski definition) is 1. The van der Waals surface area contributed by atoms with Crippen LogP contribution in [0.25, 0.3) is 16.7 Å². The summed E-state index contributed by atoms with van der Waals surface area (Å²) < 4.78 is 8.22. The van der Waals surface area contributed by atoms with Gasteiger partial charge >= 0.3 is 0 Å². The van der Waals surface area contributed by atoms with E-state index in [1.165, 1.54) is 4.57 Å². The monoisotopic (exact) mass is 403 g/mol. The number of nitrogens with one attached hydrogen (secondary N) is 1. The molecule has 3 aromatic heterocycles. The Balaban J connectivity index is 1.44. The van der Waals surface area contributed by atoms with Gasteiger partial charge in [-0.1, -0.05) is 12.1 Å². The molecule has 1 aliphatic rings. The van der Waals surface area contributed by atoms with E-state index in [0.717, 1.165) is 29.8 Å². The molecule has 8 nitrogen and oxygen atoms in total. The van der Waals surface area contributed by atoms with E-state index in [1.807, 2.05) is 30.3 Å². The number of methoxy groups -OCH3 is 1. The second-order valence-electron chi connectivity index (χ2n) is 7.50. The SMILES string of the molecule is COc1ccc(CNC(=O)Cn2c(=O)c3cc(C4CC4)nn3c3ncccc32)cc1. The minimum atomic E-state index is -0.246. The number of carbonyl (C=O) groups is 1. The van der Waals surface area contributed by atoms with Crippen molar-refractivity contribution in [2.24, 2.45) is 0 Å². The van der Waals surface area contributed by atoms with Gasteiger partial charge in [-0.15, -0.1) is 0 Å². The molecule has 0 saturated heterocycles. The van der Waals surface area contributed by atoms with Crippen LogP contribution in [-0.2, 0) is 17.9 Å². The Bertz CT molecular complexity index is 1300. The summed E-state index contributed by atoms with van der Waals surface area (Å²) in [6, 6.07) is 12.8. The van der Waals surface area contributed by atoms with Crippen LogP contribution in [0.3, 0.4) is 0 Å². The van der Waals surface area contributed by atoms with Crippen molar-refractivity contribution in [1.29, 1.82) is 0 Å². The van der Waals surface area contributed by atoms with Gasteiger partial charge in [0, 0.05) is 18.7 Å². The van der Waals surface area contributed by atoms with Crippen LogP contribution in [0.4, 0.5) is 0 Å². The van der Waals surface area contributed by atoms with E-state index in [4.69, 9.17) is 4.74 Å². The van der Waals surface area contributed by atoms with Crippen molar-refractivity contribution in [3.63, 3.8) is 0 Å². The fraction of sp³-hybridized carbons (Fsp3) is 0.273. The predicted octanol–water partition coefficient (Wildman–Crippen LogP) is 2.25. The Labute approximate surface area is 172 Å². The van der Waals surface area contributed by atoms with Crippen molar-refractivity contribution in [2.45, 2.75) is 31.8 Å². The van der Waals surface area contributed by atoms with Gasteiger partial charge in [0.05, 0.1) is 18.3 Å². The number of fused-ring (bicyclic) bond motifs is 3. The van der Waals surface area contributed by atoms with E-state index >= 15 is 0 Å². The topological polar surface area (TPSA) is 90.5 Å². The molecule has 1 N–H and O–H groups in total. The first-order chi connectivity index (χ1) is 14.6. The molecular weight excluding hydrogens is 382 g/mol. The highest BCUT2D eigenvalue weighted by Gasteiger charge is 2.27. The first-order valence-electron chi connectivity index (χ1n) is 9.91. The summed E-state index contributed by atoms with van der Waals surface area (Å²) in [6.07, 6.45) is 3.85. The third-order valence-electron chi connectivity index (χ3n) is 5.40. The smallest absolute Gasteiger partial charge is 0.277 e. The number of benzene rings is 1. The lowest BCUT2D eigenvalue weighted by Crippen LogP contribution is -2.33. The lowest BCUT2D eigenvalue weighted by atomic mass is 10.2. The van der Waals surface area contributed by atoms with Crippen LogP contribution < -0.4 is 15.6 Å². The molecule has 0 bridgehead atoms. The van der Waals surface area contributed by atoms with Crippen molar-refractivity contribution in [2.75, 3.05) is 7.11 Å². The van der Waals surface area contributed by atoms with Crippen LogP contribution in [0.2, 0.25) is 0 Å². The molecule has 1 aliphatic carbocycles. The van der Waals surface area contributed by atoms with Crippen LogP contribution in [0.15, 0.2) is 53.5 Å². The molecule has 8 heteroatoms. The van der Waals surface area contributed by atoms with E-state index in [-0.39, 0.29) is 18.0 Å². The Kier molecular flexibility index (Phi) is 4.46. The van der Waals surface area contributed by atoms with Crippen molar-refractivity contribution < 1.29 is 9.53 Å². The molecule has 1 saturated carbocycles. The summed E-state index contributed by atoms with van der Waals surface area (Å²) in [5.41, 5.74) is 3.23. The fourth-order valence-corrected chi connectivity index (χ4v) is 3.60. The van der Waals surface area contributed by atoms with Gasteiger partial charge in [0.2, 0.25) is 5.91 Å². The summed E-state index contributed by atoms with van der Waals surface area (Å²) in [5.74, 6) is 0.934.